The van der Waals surface area contributed by atoms with Crippen LogP contribution in [0.1, 0.15) is 84.5 Å². The van der Waals surface area contributed by atoms with Gasteiger partial charge in [0.05, 0.1) is 149 Å². The Hall–Kier alpha value is -8.56. The molecule has 5 aliphatic carbocycles. The van der Waals surface area contributed by atoms with E-state index in [1.807, 2.05) is 13.8 Å². The number of carbonyl (C=O) groups excluding carboxylic acids is 1. The standard InChI is InChI=1S/C14H22N2O5.C13H20N2O5.C12H20N2O6.C10H16N2O5.C10H15NO6/c1-3-6-15-10-4-5-14(20,9-17)7-11(13(10)21-2)16-8-12(18)19;1-3-4-14-9-5-13(19,8-16)6-10(12(9)20-2)15-7-11(17)18;1-20-11-8(13-2-3-15)4-12(19,7-16)5-9(11)14-6-10(17)18;1-17-9-6(11)2-10(16,5-13)3-7(9)12-4-8(14)15;1-17-9-6(11-4-8(14)15)2-10(16,5-12)3-7(9)13/h3,6,16-17,20H,4-5,7-9H2,1-2H3,(H,18,19);3-4,14,16,19H,5-8H2,1-2H3,(H,17,18);13,15-16,19H,2-7H2,1H3,(H,17,18);13,16H,2-5,11H2,1H3,(H,14,15);11-12,16H,2-5H2,1H3,(H,14,15)/b6-3-,15-10?;4-3+,15-10?;;;. The number of carbonyl (C=O) groups is 6. The number of carboxylic acid groups (broad SMARTS) is 5. The summed E-state index contributed by atoms with van der Waals surface area (Å²) < 4.78 is 25.7. The lowest BCUT2D eigenvalue weighted by molar-refractivity contribution is -0.137. The average molecular weight is 1360 g/mol. The van der Waals surface area contributed by atoms with Crippen LogP contribution >= 0.6 is 0 Å². The number of aliphatic carboxylic acids is 5. The van der Waals surface area contributed by atoms with Crippen molar-refractivity contribution in [2.24, 2.45) is 25.7 Å². The van der Waals surface area contributed by atoms with E-state index in [2.05, 4.69) is 41.2 Å². The molecule has 5 unspecified atom stereocenters. The summed E-state index contributed by atoms with van der Waals surface area (Å²) >= 11 is 0. The summed E-state index contributed by atoms with van der Waals surface area (Å²) in [4.78, 5) is 80.3. The van der Waals surface area contributed by atoms with E-state index in [9.17, 15) is 69.6 Å². The number of aliphatic hydroxyl groups excluding tert-OH is 6. The number of methoxy groups -OCH3 is 5. The van der Waals surface area contributed by atoms with Gasteiger partial charge in [0.15, 0.2) is 28.8 Å². The van der Waals surface area contributed by atoms with Gasteiger partial charge in [0.2, 0.25) is 5.78 Å². The summed E-state index contributed by atoms with van der Waals surface area (Å²) in [6.07, 6.45) is 7.71. The quantitative estimate of drug-likeness (QED) is 0.0359. The molecule has 0 aromatic rings. The van der Waals surface area contributed by atoms with Gasteiger partial charge in [-0.2, -0.15) is 0 Å². The Balaban J connectivity index is 0.000000595. The minimum absolute atomic E-state index is 0.00405. The highest BCUT2D eigenvalue weighted by molar-refractivity contribution is 6.03. The number of ether oxygens (including phenoxy) is 5. The van der Waals surface area contributed by atoms with E-state index < -0.39 is 123 Å². The molecule has 5 rings (SSSR count). The lowest BCUT2D eigenvalue weighted by Crippen LogP contribution is -2.43. The lowest BCUT2D eigenvalue weighted by Gasteiger charge is -2.34. The lowest BCUT2D eigenvalue weighted by atomic mass is 9.85. The molecule has 0 amide bonds. The minimum atomic E-state index is -1.56. The molecule has 0 heterocycles. The molecule has 5 aliphatic rings. The smallest absolute Gasteiger partial charge is 0.325 e. The number of aliphatic imine (C=N–C) groups is 4. The zero-order valence-corrected chi connectivity index (χ0v) is 54.1. The number of hydrogen-bond donors (Lipinski definition) is 21. The largest absolute Gasteiger partial charge is 0.493 e. The van der Waals surface area contributed by atoms with Gasteiger partial charge in [0.1, 0.15) is 38.3 Å². The number of allylic oxidation sites excluding steroid dienone is 7. The van der Waals surface area contributed by atoms with E-state index in [-0.39, 0.29) is 112 Å². The molecular formula is C59H93N9O27. The second kappa shape index (κ2) is 41.3. The summed E-state index contributed by atoms with van der Waals surface area (Å²) in [5, 5.41) is 160. The second-order valence-corrected chi connectivity index (χ2v) is 21.8. The maximum atomic E-state index is 11.6. The fourth-order valence-electron chi connectivity index (χ4n) is 9.56. The van der Waals surface area contributed by atoms with Crippen molar-refractivity contribution >= 4 is 58.5 Å². The molecule has 22 N–H and O–H groups in total. The predicted molar refractivity (Wildman–Crippen MR) is 337 cm³/mol. The Morgan fingerprint density at radius 2 is 0.821 bits per heavy atom. The number of hydrogen-bond acceptors (Lipinski definition) is 31. The number of rotatable bonds is 28. The van der Waals surface area contributed by atoms with E-state index in [0.29, 0.717) is 58.6 Å². The van der Waals surface area contributed by atoms with Crippen LogP contribution in [0.15, 0.2) is 102 Å². The van der Waals surface area contributed by atoms with Gasteiger partial charge >= 0.3 is 29.8 Å². The van der Waals surface area contributed by atoms with Gasteiger partial charge in [-0.25, -0.2) is 0 Å². The van der Waals surface area contributed by atoms with Crippen molar-refractivity contribution in [3.8, 4) is 0 Å². The fraction of sp³-hybridized carbons (Fsp3) is 0.593. The average Bonchev–Trinajstić information content (AvgIpc) is 1.63. The number of carboxylic acids is 5. The summed E-state index contributed by atoms with van der Waals surface area (Å²) in [7, 11) is 7.01. The molecule has 0 aromatic heterocycles. The molecule has 0 spiro atoms. The molecule has 0 radical (unpaired) electrons. The van der Waals surface area contributed by atoms with Crippen LogP contribution in [-0.4, -0.2) is 283 Å². The van der Waals surface area contributed by atoms with E-state index in [4.69, 9.17) is 70.3 Å². The maximum absolute atomic E-state index is 11.6. The molecule has 0 saturated heterocycles. The van der Waals surface area contributed by atoms with Crippen LogP contribution in [0, 0.1) is 0 Å². The molecule has 0 fully saturated rings. The Labute approximate surface area is 546 Å². The van der Waals surface area contributed by atoms with Gasteiger partial charge in [-0.15, -0.1) is 0 Å². The maximum Gasteiger partial charge on any atom is 0.325 e. The third-order valence-corrected chi connectivity index (χ3v) is 13.9. The number of nitrogens with zero attached hydrogens (tertiary/aromatic N) is 4. The monoisotopic (exact) mass is 1360 g/mol. The number of aliphatic hydroxyl groups is 11. The van der Waals surface area contributed by atoms with Crippen LogP contribution in [0.4, 0.5) is 0 Å². The molecule has 0 saturated carbocycles. The van der Waals surface area contributed by atoms with E-state index in [1.54, 1.807) is 24.6 Å². The van der Waals surface area contributed by atoms with E-state index in [1.165, 1.54) is 35.5 Å². The van der Waals surface area contributed by atoms with E-state index >= 15 is 0 Å². The Morgan fingerprint density at radius 3 is 1.20 bits per heavy atom. The van der Waals surface area contributed by atoms with Crippen LogP contribution in [-0.2, 0) is 52.5 Å². The van der Waals surface area contributed by atoms with Crippen molar-refractivity contribution in [1.29, 1.82) is 0 Å². The first-order chi connectivity index (χ1) is 44.7. The van der Waals surface area contributed by atoms with Crippen LogP contribution in [0.3, 0.4) is 0 Å². The van der Waals surface area contributed by atoms with Crippen molar-refractivity contribution < 1.29 is 134 Å². The van der Waals surface area contributed by atoms with Gasteiger partial charge in [0, 0.05) is 70.5 Å². The zero-order chi connectivity index (χ0) is 72.3. The SMILES string of the molecule is C/C=C/NC1=C(OC)C(=NCC(=O)O)CC(O)(CO)C1.C/C=C\N=C1CCC(O)(CO)CC(NCC(=O)O)=C1OC.COC1=C(N)CC(O)(CO)CC1=NCC(=O)O.COC1=C(NCC(=O)O)CC(O)(CO)CC1=O.COC1=C(NCCO)CC(O)(CO)CC1=NCC(=O)O. The second-order valence-electron chi connectivity index (χ2n) is 21.8. The van der Waals surface area contributed by atoms with Crippen molar-refractivity contribution in [2.45, 2.75) is 112 Å². The zero-order valence-electron chi connectivity index (χ0n) is 54.1. The molecule has 536 valence electrons. The Kier molecular flexibility index (Phi) is 36.7. The number of nitrogens with one attached hydrogen (secondary N) is 4. The first-order valence-corrected chi connectivity index (χ1v) is 29.1. The first-order valence-electron chi connectivity index (χ1n) is 29.1. The van der Waals surface area contributed by atoms with Crippen LogP contribution in [0.5, 0.6) is 0 Å². The number of Topliss-reactive ketones (excluding diaryl/α,β-unsaturated/α-hetero) is 1. The third-order valence-electron chi connectivity index (χ3n) is 13.9. The Bertz CT molecular complexity index is 2990. The molecular weight excluding hydrogens is 1270 g/mol. The topological polar surface area (TPSA) is 596 Å². The van der Waals surface area contributed by atoms with Crippen molar-refractivity contribution in [2.75, 3.05) is 114 Å². The van der Waals surface area contributed by atoms with Gasteiger partial charge in [-0.1, -0.05) is 12.2 Å². The Morgan fingerprint density at radius 1 is 0.463 bits per heavy atom. The highest BCUT2D eigenvalue weighted by Crippen LogP contribution is 2.34. The highest BCUT2D eigenvalue weighted by atomic mass is 16.5. The first kappa shape index (κ1) is 84.5. The van der Waals surface area contributed by atoms with Crippen LogP contribution in [0.2, 0.25) is 0 Å². The van der Waals surface area contributed by atoms with Gasteiger partial charge in [-0.05, 0) is 32.9 Å². The number of nitrogens with two attached hydrogens (primary N) is 1. The minimum Gasteiger partial charge on any atom is -0.493 e. The molecule has 5 atom stereocenters. The van der Waals surface area contributed by atoms with Crippen LogP contribution < -0.4 is 27.0 Å². The van der Waals surface area contributed by atoms with Gasteiger partial charge in [-0.3, -0.25) is 48.7 Å². The summed E-state index contributed by atoms with van der Waals surface area (Å²) in [6.45, 7) is -0.617. The normalized spacial score (nSPS) is 25.5. The predicted octanol–water partition coefficient (Wildman–Crippen LogP) is -3.67. The van der Waals surface area contributed by atoms with Crippen molar-refractivity contribution in [3.05, 3.63) is 81.8 Å². The van der Waals surface area contributed by atoms with Crippen molar-refractivity contribution in [3.63, 3.8) is 0 Å². The molecule has 0 aromatic carbocycles. The van der Waals surface area contributed by atoms with Crippen LogP contribution in [0.25, 0.3) is 0 Å². The summed E-state index contributed by atoms with van der Waals surface area (Å²) in [5.74, 6) is -4.41. The molecule has 0 bridgehead atoms. The summed E-state index contributed by atoms with van der Waals surface area (Å²) in [6, 6.07) is 0. The summed E-state index contributed by atoms with van der Waals surface area (Å²) in [5.41, 5.74) is 2.00. The molecule has 36 nitrogen and oxygen atoms in total. The van der Waals surface area contributed by atoms with Gasteiger partial charge in [0.25, 0.3) is 0 Å². The fourth-order valence-corrected chi connectivity index (χ4v) is 9.56. The molecule has 0 aliphatic heterocycles. The molecule has 36 heteroatoms. The molecule has 95 heavy (non-hydrogen) atoms. The third kappa shape index (κ3) is 28.5. The highest BCUT2D eigenvalue weighted by Gasteiger charge is 2.42. The van der Waals surface area contributed by atoms with Gasteiger partial charge < -0.3 is 132 Å². The van der Waals surface area contributed by atoms with E-state index in [0.717, 1.165) is 0 Å². The number of ketones is 1. The van der Waals surface area contributed by atoms with Crippen molar-refractivity contribution in [1.82, 2.24) is 21.3 Å².